The van der Waals surface area contributed by atoms with Crippen molar-refractivity contribution in [2.75, 3.05) is 20.2 Å². The van der Waals surface area contributed by atoms with Gasteiger partial charge in [-0.05, 0) is 43.5 Å². The highest BCUT2D eigenvalue weighted by atomic mass is 35.5. The minimum atomic E-state index is -0.0307. The largest absolute Gasteiger partial charge is 0.497 e. The van der Waals surface area contributed by atoms with Crippen molar-refractivity contribution in [1.29, 1.82) is 0 Å². The SMILES string of the molecule is COc1cccc(Oc2ncccc2CNC(=O)CNCC2CC2)c1.Cl.Cl. The Morgan fingerprint density at radius 1 is 1.19 bits per heavy atom. The van der Waals surface area contributed by atoms with Crippen molar-refractivity contribution in [1.82, 2.24) is 15.6 Å². The minimum absolute atomic E-state index is 0. The van der Waals surface area contributed by atoms with E-state index in [-0.39, 0.29) is 30.7 Å². The van der Waals surface area contributed by atoms with Crippen LogP contribution in [-0.2, 0) is 11.3 Å². The van der Waals surface area contributed by atoms with Crippen LogP contribution in [0.5, 0.6) is 17.4 Å². The summed E-state index contributed by atoms with van der Waals surface area (Å²) in [7, 11) is 1.61. The summed E-state index contributed by atoms with van der Waals surface area (Å²) in [5.41, 5.74) is 0.820. The highest BCUT2D eigenvalue weighted by molar-refractivity contribution is 5.85. The van der Waals surface area contributed by atoms with Crippen LogP contribution in [0.2, 0.25) is 0 Å². The summed E-state index contributed by atoms with van der Waals surface area (Å²) in [5.74, 6) is 2.55. The molecular formula is C19H25Cl2N3O3. The van der Waals surface area contributed by atoms with Crippen molar-refractivity contribution in [3.63, 3.8) is 0 Å². The number of nitrogens with zero attached hydrogens (tertiary/aromatic N) is 1. The maximum Gasteiger partial charge on any atom is 0.234 e. The standard InChI is InChI=1S/C19H23N3O3.2ClH/c1-24-16-5-2-6-17(10-16)25-19-15(4-3-9-21-19)12-22-18(23)13-20-11-14-7-8-14;;/h2-6,9-10,14,20H,7-8,11-13H2,1H3,(H,22,23);2*1H. The van der Waals surface area contributed by atoms with Crippen molar-refractivity contribution in [3.05, 3.63) is 48.2 Å². The number of aromatic nitrogens is 1. The summed E-state index contributed by atoms with van der Waals surface area (Å²) in [6.07, 6.45) is 4.21. The molecular weight excluding hydrogens is 389 g/mol. The van der Waals surface area contributed by atoms with Crippen LogP contribution in [0.3, 0.4) is 0 Å². The number of rotatable bonds is 9. The number of carbonyl (C=O) groups is 1. The second kappa shape index (κ2) is 11.6. The van der Waals surface area contributed by atoms with Crippen LogP contribution >= 0.6 is 24.8 Å². The second-order valence-corrected chi connectivity index (χ2v) is 6.10. The molecule has 0 bridgehead atoms. The fraction of sp³-hybridized carbons (Fsp3) is 0.368. The fourth-order valence-electron chi connectivity index (χ4n) is 2.39. The van der Waals surface area contributed by atoms with Gasteiger partial charge in [0.1, 0.15) is 11.5 Å². The third kappa shape index (κ3) is 7.62. The van der Waals surface area contributed by atoms with Gasteiger partial charge in [0.05, 0.1) is 13.7 Å². The molecule has 2 aromatic rings. The first kappa shape index (κ1) is 23.0. The maximum absolute atomic E-state index is 11.9. The van der Waals surface area contributed by atoms with Crippen molar-refractivity contribution in [2.24, 2.45) is 5.92 Å². The molecule has 27 heavy (non-hydrogen) atoms. The number of nitrogens with one attached hydrogen (secondary N) is 2. The maximum atomic E-state index is 11.9. The summed E-state index contributed by atoms with van der Waals surface area (Å²) in [4.78, 5) is 16.2. The summed E-state index contributed by atoms with van der Waals surface area (Å²) in [6.45, 7) is 1.63. The van der Waals surface area contributed by atoms with E-state index in [9.17, 15) is 4.79 Å². The Kier molecular flexibility index (Phi) is 9.93. The van der Waals surface area contributed by atoms with Crippen LogP contribution in [0.1, 0.15) is 18.4 Å². The minimum Gasteiger partial charge on any atom is -0.497 e. The molecule has 6 nitrogen and oxygen atoms in total. The van der Waals surface area contributed by atoms with Gasteiger partial charge in [-0.25, -0.2) is 4.98 Å². The van der Waals surface area contributed by atoms with E-state index in [1.807, 2.05) is 30.3 Å². The highest BCUT2D eigenvalue weighted by Crippen LogP contribution is 2.27. The van der Waals surface area contributed by atoms with E-state index in [1.165, 1.54) is 12.8 Å². The lowest BCUT2D eigenvalue weighted by Gasteiger charge is -2.11. The Balaban J connectivity index is 0.00000182. The van der Waals surface area contributed by atoms with Gasteiger partial charge in [-0.3, -0.25) is 4.79 Å². The average molecular weight is 414 g/mol. The number of benzene rings is 1. The van der Waals surface area contributed by atoms with Gasteiger partial charge >= 0.3 is 0 Å². The van der Waals surface area contributed by atoms with E-state index in [0.29, 0.717) is 30.5 Å². The third-order valence-electron chi connectivity index (χ3n) is 4.00. The first-order valence-electron chi connectivity index (χ1n) is 8.48. The molecule has 8 heteroatoms. The molecule has 2 N–H and O–H groups in total. The van der Waals surface area contributed by atoms with Gasteiger partial charge in [-0.1, -0.05) is 12.1 Å². The van der Waals surface area contributed by atoms with Gasteiger partial charge in [0.15, 0.2) is 0 Å². The number of ether oxygens (including phenoxy) is 2. The quantitative estimate of drug-likeness (QED) is 0.659. The van der Waals surface area contributed by atoms with Crippen LogP contribution in [0.25, 0.3) is 0 Å². The zero-order valence-corrected chi connectivity index (χ0v) is 16.8. The van der Waals surface area contributed by atoms with Crippen molar-refractivity contribution in [2.45, 2.75) is 19.4 Å². The Hall–Kier alpha value is -2.02. The number of hydrogen-bond acceptors (Lipinski definition) is 5. The van der Waals surface area contributed by atoms with Gasteiger partial charge < -0.3 is 20.1 Å². The molecule has 0 unspecified atom stereocenters. The summed E-state index contributed by atoms with van der Waals surface area (Å²) >= 11 is 0. The molecule has 0 saturated heterocycles. The molecule has 1 fully saturated rings. The number of methoxy groups -OCH3 is 1. The molecule has 1 aliphatic rings. The number of halogens is 2. The van der Waals surface area contributed by atoms with Crippen LogP contribution in [-0.4, -0.2) is 31.1 Å². The van der Waals surface area contributed by atoms with E-state index < -0.39 is 0 Å². The molecule has 1 aromatic heterocycles. The molecule has 1 saturated carbocycles. The monoisotopic (exact) mass is 413 g/mol. The molecule has 1 aliphatic carbocycles. The smallest absolute Gasteiger partial charge is 0.234 e. The number of pyridine rings is 1. The first-order chi connectivity index (χ1) is 12.2. The molecule has 3 rings (SSSR count). The predicted octanol–water partition coefficient (Wildman–Crippen LogP) is 3.34. The van der Waals surface area contributed by atoms with E-state index in [2.05, 4.69) is 15.6 Å². The lowest BCUT2D eigenvalue weighted by atomic mass is 10.2. The fourth-order valence-corrected chi connectivity index (χ4v) is 2.39. The van der Waals surface area contributed by atoms with Gasteiger partial charge in [-0.2, -0.15) is 0 Å². The van der Waals surface area contributed by atoms with E-state index in [4.69, 9.17) is 9.47 Å². The number of amides is 1. The molecule has 1 aromatic carbocycles. The predicted molar refractivity (Wildman–Crippen MR) is 109 cm³/mol. The molecule has 148 valence electrons. The lowest BCUT2D eigenvalue weighted by molar-refractivity contribution is -0.120. The first-order valence-corrected chi connectivity index (χ1v) is 8.48. The lowest BCUT2D eigenvalue weighted by Crippen LogP contribution is -2.34. The molecule has 1 amide bonds. The van der Waals surface area contributed by atoms with E-state index in [0.717, 1.165) is 18.0 Å². The van der Waals surface area contributed by atoms with Crippen molar-refractivity contribution in [3.8, 4) is 17.4 Å². The zero-order valence-electron chi connectivity index (χ0n) is 15.1. The normalized spacial score (nSPS) is 12.3. The Labute approximate surface area is 171 Å². The van der Waals surface area contributed by atoms with Gasteiger partial charge in [0, 0.05) is 24.4 Å². The van der Waals surface area contributed by atoms with Crippen LogP contribution in [0.15, 0.2) is 42.6 Å². The number of hydrogen-bond donors (Lipinski definition) is 2. The Bertz CT molecular complexity index is 727. The Morgan fingerprint density at radius 3 is 2.70 bits per heavy atom. The molecule has 0 radical (unpaired) electrons. The average Bonchev–Trinajstić information content (AvgIpc) is 3.45. The molecule has 0 atom stereocenters. The number of carbonyl (C=O) groups excluding carboxylic acids is 1. The van der Waals surface area contributed by atoms with Gasteiger partial charge in [0.25, 0.3) is 0 Å². The summed E-state index contributed by atoms with van der Waals surface area (Å²) in [6, 6.07) is 11.0. The summed E-state index contributed by atoms with van der Waals surface area (Å²) < 4.78 is 11.0. The van der Waals surface area contributed by atoms with E-state index in [1.54, 1.807) is 19.4 Å². The topological polar surface area (TPSA) is 72.5 Å². The summed E-state index contributed by atoms with van der Waals surface area (Å²) in [5, 5.41) is 6.07. The molecule has 0 spiro atoms. The molecule has 1 heterocycles. The van der Waals surface area contributed by atoms with Gasteiger partial charge in [0.2, 0.25) is 11.8 Å². The van der Waals surface area contributed by atoms with Crippen LogP contribution in [0.4, 0.5) is 0 Å². The van der Waals surface area contributed by atoms with E-state index >= 15 is 0 Å². The van der Waals surface area contributed by atoms with Crippen LogP contribution in [0, 0.1) is 5.92 Å². The van der Waals surface area contributed by atoms with Crippen molar-refractivity contribution < 1.29 is 14.3 Å². The van der Waals surface area contributed by atoms with Crippen molar-refractivity contribution >= 4 is 30.7 Å². The van der Waals surface area contributed by atoms with Gasteiger partial charge in [-0.15, -0.1) is 24.8 Å². The third-order valence-corrected chi connectivity index (χ3v) is 4.00. The second-order valence-electron chi connectivity index (χ2n) is 6.10. The zero-order chi connectivity index (χ0) is 17.5. The van der Waals surface area contributed by atoms with Crippen LogP contribution < -0.4 is 20.1 Å². The molecule has 0 aliphatic heterocycles. The highest BCUT2D eigenvalue weighted by Gasteiger charge is 2.20. The Morgan fingerprint density at radius 2 is 1.96 bits per heavy atom.